The van der Waals surface area contributed by atoms with E-state index in [-0.39, 0.29) is 0 Å². The molecule has 2 aromatic rings. The lowest BCUT2D eigenvalue weighted by Crippen LogP contribution is -1.85. The summed E-state index contributed by atoms with van der Waals surface area (Å²) in [5.41, 5.74) is 7.68. The van der Waals surface area contributed by atoms with E-state index in [1.165, 1.54) is 10.4 Å². The van der Waals surface area contributed by atoms with Crippen LogP contribution in [0.2, 0.25) is 0 Å². The van der Waals surface area contributed by atoms with Gasteiger partial charge in [-0.3, -0.25) is 0 Å². The van der Waals surface area contributed by atoms with Gasteiger partial charge in [-0.05, 0) is 45.1 Å². The molecule has 0 radical (unpaired) electrons. The Hall–Kier alpha value is -0.800. The van der Waals surface area contributed by atoms with Crippen LogP contribution in [0.4, 0.5) is 5.69 Å². The molecule has 0 aliphatic carbocycles. The summed E-state index contributed by atoms with van der Waals surface area (Å²) < 4.78 is 0.957. The number of halogens is 1. The van der Waals surface area contributed by atoms with E-state index in [0.29, 0.717) is 0 Å². The minimum absolute atomic E-state index is 0.778. The van der Waals surface area contributed by atoms with Crippen molar-refractivity contribution in [2.75, 3.05) is 5.73 Å². The Kier molecular flexibility index (Phi) is 2.38. The van der Waals surface area contributed by atoms with Gasteiger partial charge in [0, 0.05) is 15.0 Å². The molecule has 2 rings (SSSR count). The van der Waals surface area contributed by atoms with Gasteiger partial charge in [0.2, 0.25) is 0 Å². The lowest BCUT2D eigenvalue weighted by molar-refractivity contribution is 1.63. The lowest BCUT2D eigenvalue weighted by Gasteiger charge is -2.00. The lowest BCUT2D eigenvalue weighted by atomic mass is 10.2. The van der Waals surface area contributed by atoms with Crippen molar-refractivity contribution in [1.29, 1.82) is 0 Å². The fourth-order valence-corrected chi connectivity index (χ4v) is 2.23. The molecule has 0 aliphatic heterocycles. The molecule has 0 saturated heterocycles. The molecule has 0 fully saturated rings. The van der Waals surface area contributed by atoms with Crippen LogP contribution in [-0.4, -0.2) is 0 Å². The van der Waals surface area contributed by atoms with Crippen LogP contribution in [0, 0.1) is 0 Å². The molecule has 0 atom stereocenters. The molecule has 1 heterocycles. The van der Waals surface area contributed by atoms with Crippen LogP contribution in [0.25, 0.3) is 10.4 Å². The third kappa shape index (κ3) is 1.76. The molecule has 13 heavy (non-hydrogen) atoms. The standard InChI is InChI=1S/C10H8BrNS/c11-8-6-7(3-4-9(8)12)10-2-1-5-13-10/h1-6H,12H2. The van der Waals surface area contributed by atoms with Gasteiger partial charge in [0.25, 0.3) is 0 Å². The van der Waals surface area contributed by atoms with Crippen molar-refractivity contribution < 1.29 is 0 Å². The Morgan fingerprint density at radius 3 is 2.69 bits per heavy atom. The molecular weight excluding hydrogens is 246 g/mol. The smallest absolute Gasteiger partial charge is 0.0458 e. The zero-order chi connectivity index (χ0) is 9.26. The molecule has 3 heteroatoms. The van der Waals surface area contributed by atoms with Gasteiger partial charge < -0.3 is 5.73 Å². The third-order valence-electron chi connectivity index (χ3n) is 1.81. The number of thiophene rings is 1. The number of rotatable bonds is 1. The van der Waals surface area contributed by atoms with Crippen LogP contribution >= 0.6 is 27.3 Å². The molecule has 1 aromatic carbocycles. The fourth-order valence-electron chi connectivity index (χ4n) is 1.12. The summed E-state index contributed by atoms with van der Waals surface area (Å²) in [6, 6.07) is 10.1. The van der Waals surface area contributed by atoms with Gasteiger partial charge in [0.1, 0.15) is 0 Å². The minimum atomic E-state index is 0.778. The minimum Gasteiger partial charge on any atom is -0.398 e. The summed E-state index contributed by atoms with van der Waals surface area (Å²) in [5, 5.41) is 2.07. The van der Waals surface area contributed by atoms with Crippen molar-refractivity contribution in [3.05, 3.63) is 40.2 Å². The number of nitrogens with two attached hydrogens (primary N) is 1. The van der Waals surface area contributed by atoms with E-state index in [0.717, 1.165) is 10.2 Å². The first-order valence-corrected chi connectivity index (χ1v) is 5.53. The summed E-state index contributed by atoms with van der Waals surface area (Å²) in [7, 11) is 0. The van der Waals surface area contributed by atoms with Gasteiger partial charge in [0.15, 0.2) is 0 Å². The Morgan fingerprint density at radius 2 is 2.08 bits per heavy atom. The highest BCUT2D eigenvalue weighted by Crippen LogP contribution is 2.29. The van der Waals surface area contributed by atoms with Crippen LogP contribution in [0.5, 0.6) is 0 Å². The second kappa shape index (κ2) is 3.52. The summed E-state index contributed by atoms with van der Waals surface area (Å²) in [4.78, 5) is 1.26. The average molecular weight is 254 g/mol. The van der Waals surface area contributed by atoms with Crippen LogP contribution in [0.3, 0.4) is 0 Å². The summed E-state index contributed by atoms with van der Waals surface area (Å²) in [6.07, 6.45) is 0. The number of hydrogen-bond donors (Lipinski definition) is 1. The molecule has 0 amide bonds. The summed E-state index contributed by atoms with van der Waals surface area (Å²) >= 11 is 5.14. The first kappa shape index (κ1) is 8.78. The molecule has 0 spiro atoms. The molecule has 1 aromatic heterocycles. The van der Waals surface area contributed by atoms with Crippen LogP contribution in [-0.2, 0) is 0 Å². The van der Waals surface area contributed by atoms with Gasteiger partial charge in [-0.25, -0.2) is 0 Å². The van der Waals surface area contributed by atoms with Crippen molar-refractivity contribution in [3.63, 3.8) is 0 Å². The highest BCUT2D eigenvalue weighted by Gasteiger charge is 2.00. The largest absolute Gasteiger partial charge is 0.398 e. The average Bonchev–Trinajstić information content (AvgIpc) is 2.62. The van der Waals surface area contributed by atoms with E-state index in [1.54, 1.807) is 11.3 Å². The number of hydrogen-bond acceptors (Lipinski definition) is 2. The highest BCUT2D eigenvalue weighted by molar-refractivity contribution is 9.10. The monoisotopic (exact) mass is 253 g/mol. The first-order chi connectivity index (χ1) is 6.27. The molecule has 2 N–H and O–H groups in total. The summed E-state index contributed by atoms with van der Waals surface area (Å²) in [6.45, 7) is 0. The van der Waals surface area contributed by atoms with Gasteiger partial charge in [-0.15, -0.1) is 11.3 Å². The SMILES string of the molecule is Nc1ccc(-c2cccs2)cc1Br. The molecule has 0 unspecified atom stereocenters. The van der Waals surface area contributed by atoms with Crippen molar-refractivity contribution in [1.82, 2.24) is 0 Å². The maximum Gasteiger partial charge on any atom is 0.0458 e. The molecule has 1 nitrogen and oxygen atoms in total. The van der Waals surface area contributed by atoms with Gasteiger partial charge >= 0.3 is 0 Å². The van der Waals surface area contributed by atoms with Crippen molar-refractivity contribution in [2.45, 2.75) is 0 Å². The van der Waals surface area contributed by atoms with E-state index in [1.807, 2.05) is 24.3 Å². The van der Waals surface area contributed by atoms with E-state index in [2.05, 4.69) is 27.4 Å². The van der Waals surface area contributed by atoms with Crippen LogP contribution < -0.4 is 5.73 Å². The maximum atomic E-state index is 5.70. The molecule has 0 bridgehead atoms. The second-order valence-electron chi connectivity index (χ2n) is 2.71. The van der Waals surface area contributed by atoms with Crippen molar-refractivity contribution in [3.8, 4) is 10.4 Å². The molecule has 0 saturated carbocycles. The number of anilines is 1. The number of nitrogen functional groups attached to an aromatic ring is 1. The first-order valence-electron chi connectivity index (χ1n) is 3.86. The van der Waals surface area contributed by atoms with Gasteiger partial charge in [-0.2, -0.15) is 0 Å². The van der Waals surface area contributed by atoms with Crippen LogP contribution in [0.1, 0.15) is 0 Å². The van der Waals surface area contributed by atoms with E-state index in [9.17, 15) is 0 Å². The third-order valence-corrected chi connectivity index (χ3v) is 3.41. The van der Waals surface area contributed by atoms with E-state index >= 15 is 0 Å². The van der Waals surface area contributed by atoms with Crippen molar-refractivity contribution in [2.24, 2.45) is 0 Å². The molecular formula is C10H8BrNS. The molecule has 66 valence electrons. The molecule has 0 aliphatic rings. The topological polar surface area (TPSA) is 26.0 Å². The normalized spacial score (nSPS) is 10.2. The van der Waals surface area contributed by atoms with Gasteiger partial charge in [-0.1, -0.05) is 12.1 Å². The summed E-state index contributed by atoms with van der Waals surface area (Å²) in [5.74, 6) is 0. The van der Waals surface area contributed by atoms with E-state index < -0.39 is 0 Å². The number of benzene rings is 1. The fraction of sp³-hybridized carbons (Fsp3) is 0. The Morgan fingerprint density at radius 1 is 1.23 bits per heavy atom. The quantitative estimate of drug-likeness (QED) is 0.770. The Bertz CT molecular complexity index is 409. The van der Waals surface area contributed by atoms with Gasteiger partial charge in [0.05, 0.1) is 0 Å². The maximum absolute atomic E-state index is 5.70. The van der Waals surface area contributed by atoms with E-state index in [4.69, 9.17) is 5.73 Å². The zero-order valence-electron chi connectivity index (χ0n) is 6.83. The Balaban J connectivity index is 2.49. The zero-order valence-corrected chi connectivity index (χ0v) is 9.23. The van der Waals surface area contributed by atoms with Crippen molar-refractivity contribution >= 4 is 33.0 Å². The second-order valence-corrected chi connectivity index (χ2v) is 4.52. The Labute approximate surface area is 89.3 Å². The highest BCUT2D eigenvalue weighted by atomic mass is 79.9. The predicted molar refractivity (Wildman–Crippen MR) is 61.9 cm³/mol. The predicted octanol–water partition coefficient (Wildman–Crippen LogP) is 3.76. The van der Waals surface area contributed by atoms with Crippen LogP contribution in [0.15, 0.2) is 40.2 Å².